The van der Waals surface area contributed by atoms with Gasteiger partial charge in [0, 0.05) is 19.6 Å². The molecule has 0 spiro atoms. The van der Waals surface area contributed by atoms with Crippen molar-refractivity contribution in [3.63, 3.8) is 0 Å². The van der Waals surface area contributed by atoms with Gasteiger partial charge in [-0.15, -0.1) is 0 Å². The number of carbonyl (C=O) groups excluding carboxylic acids is 1. The highest BCUT2D eigenvalue weighted by atomic mass is 16.5. The van der Waals surface area contributed by atoms with Crippen LogP contribution < -0.4 is 5.32 Å². The van der Waals surface area contributed by atoms with Gasteiger partial charge in [0.2, 0.25) is 5.91 Å². The number of nitrogens with one attached hydrogen (secondary N) is 1. The fourth-order valence-electron chi connectivity index (χ4n) is 2.80. The van der Waals surface area contributed by atoms with Crippen LogP contribution in [0, 0.1) is 5.41 Å². The summed E-state index contributed by atoms with van der Waals surface area (Å²) < 4.78 is 5.24. The van der Waals surface area contributed by atoms with E-state index in [4.69, 9.17) is 4.74 Å². The van der Waals surface area contributed by atoms with E-state index in [1.807, 2.05) is 4.90 Å². The number of hydrogen-bond acceptors (Lipinski definition) is 3. The monoisotopic (exact) mass is 240 g/mol. The minimum Gasteiger partial charge on any atom is -0.378 e. The van der Waals surface area contributed by atoms with Gasteiger partial charge in [-0.1, -0.05) is 19.8 Å². The predicted molar refractivity (Wildman–Crippen MR) is 66.8 cm³/mol. The molecule has 1 saturated heterocycles. The molecule has 98 valence electrons. The van der Waals surface area contributed by atoms with Gasteiger partial charge in [-0.3, -0.25) is 4.79 Å². The number of carbonyl (C=O) groups is 1. The molecule has 0 radical (unpaired) electrons. The molecule has 0 aromatic rings. The molecule has 0 aromatic carbocycles. The summed E-state index contributed by atoms with van der Waals surface area (Å²) in [5, 5.41) is 3.33. The number of ether oxygens (including phenoxy) is 1. The van der Waals surface area contributed by atoms with Crippen molar-refractivity contribution in [3.05, 3.63) is 0 Å². The number of morpholine rings is 1. The SMILES string of the molecule is CC1(CNCC(=O)N2CCOCC2)CCCC1. The molecule has 1 amide bonds. The Morgan fingerprint density at radius 1 is 1.29 bits per heavy atom. The topological polar surface area (TPSA) is 41.6 Å². The fourth-order valence-corrected chi connectivity index (χ4v) is 2.80. The highest BCUT2D eigenvalue weighted by Gasteiger charge is 2.28. The Morgan fingerprint density at radius 3 is 2.59 bits per heavy atom. The molecule has 1 saturated carbocycles. The van der Waals surface area contributed by atoms with Gasteiger partial charge in [0.25, 0.3) is 0 Å². The second-order valence-corrected chi connectivity index (χ2v) is 5.61. The van der Waals surface area contributed by atoms with Crippen LogP contribution >= 0.6 is 0 Å². The molecule has 4 heteroatoms. The first-order chi connectivity index (χ1) is 8.20. The first-order valence-corrected chi connectivity index (χ1v) is 6.76. The highest BCUT2D eigenvalue weighted by Crippen LogP contribution is 2.36. The molecule has 1 heterocycles. The van der Waals surface area contributed by atoms with Gasteiger partial charge in [-0.05, 0) is 18.3 Å². The molecule has 0 aromatic heterocycles. The maximum atomic E-state index is 11.9. The zero-order valence-electron chi connectivity index (χ0n) is 10.8. The quantitative estimate of drug-likeness (QED) is 0.797. The summed E-state index contributed by atoms with van der Waals surface area (Å²) >= 11 is 0. The van der Waals surface area contributed by atoms with E-state index in [-0.39, 0.29) is 5.91 Å². The van der Waals surface area contributed by atoms with Crippen LogP contribution in [-0.4, -0.2) is 50.2 Å². The van der Waals surface area contributed by atoms with Gasteiger partial charge >= 0.3 is 0 Å². The van der Waals surface area contributed by atoms with Crippen LogP contribution in [0.5, 0.6) is 0 Å². The third kappa shape index (κ3) is 3.68. The zero-order valence-corrected chi connectivity index (χ0v) is 10.8. The van der Waals surface area contributed by atoms with Gasteiger partial charge in [-0.25, -0.2) is 0 Å². The minimum atomic E-state index is 0.217. The second-order valence-electron chi connectivity index (χ2n) is 5.61. The minimum absolute atomic E-state index is 0.217. The average molecular weight is 240 g/mol. The van der Waals surface area contributed by atoms with Crippen LogP contribution in [0.1, 0.15) is 32.6 Å². The Balaban J connectivity index is 1.65. The third-order valence-electron chi connectivity index (χ3n) is 4.00. The fraction of sp³-hybridized carbons (Fsp3) is 0.923. The molecule has 1 N–H and O–H groups in total. The summed E-state index contributed by atoms with van der Waals surface area (Å²) in [4.78, 5) is 13.8. The van der Waals surface area contributed by atoms with Crippen molar-refractivity contribution in [2.45, 2.75) is 32.6 Å². The summed E-state index contributed by atoms with van der Waals surface area (Å²) in [7, 11) is 0. The van der Waals surface area contributed by atoms with E-state index >= 15 is 0 Å². The van der Waals surface area contributed by atoms with Crippen LogP contribution in [0.25, 0.3) is 0 Å². The van der Waals surface area contributed by atoms with Gasteiger partial charge in [0.05, 0.1) is 19.8 Å². The van der Waals surface area contributed by atoms with Crippen molar-refractivity contribution >= 4 is 5.91 Å². The molecular weight excluding hydrogens is 216 g/mol. The molecule has 4 nitrogen and oxygen atoms in total. The molecule has 0 bridgehead atoms. The maximum absolute atomic E-state index is 11.9. The maximum Gasteiger partial charge on any atom is 0.236 e. The lowest BCUT2D eigenvalue weighted by Gasteiger charge is -2.28. The Hall–Kier alpha value is -0.610. The Bertz CT molecular complexity index is 256. The Morgan fingerprint density at radius 2 is 1.94 bits per heavy atom. The third-order valence-corrected chi connectivity index (χ3v) is 4.00. The summed E-state index contributed by atoms with van der Waals surface area (Å²) in [6, 6.07) is 0. The lowest BCUT2D eigenvalue weighted by Crippen LogP contribution is -2.45. The number of hydrogen-bond donors (Lipinski definition) is 1. The van der Waals surface area contributed by atoms with E-state index in [9.17, 15) is 4.79 Å². The van der Waals surface area contributed by atoms with Crippen LogP contribution in [0.4, 0.5) is 0 Å². The molecule has 0 atom stereocenters. The summed E-state index contributed by atoms with van der Waals surface area (Å²) in [5.74, 6) is 0.217. The van der Waals surface area contributed by atoms with Crippen LogP contribution in [0.2, 0.25) is 0 Å². The second kappa shape index (κ2) is 5.83. The Labute approximate surface area is 104 Å². The molecule has 2 rings (SSSR count). The number of nitrogens with zero attached hydrogens (tertiary/aromatic N) is 1. The van der Waals surface area contributed by atoms with E-state index in [0.29, 0.717) is 25.2 Å². The number of rotatable bonds is 4. The van der Waals surface area contributed by atoms with Crippen molar-refractivity contribution in [2.24, 2.45) is 5.41 Å². The molecule has 0 unspecified atom stereocenters. The van der Waals surface area contributed by atoms with E-state index in [1.54, 1.807) is 0 Å². The van der Waals surface area contributed by atoms with Gasteiger partial charge in [0.15, 0.2) is 0 Å². The van der Waals surface area contributed by atoms with Crippen molar-refractivity contribution in [1.29, 1.82) is 0 Å². The normalized spacial score (nSPS) is 23.9. The smallest absolute Gasteiger partial charge is 0.236 e. The Kier molecular flexibility index (Phi) is 4.40. The first-order valence-electron chi connectivity index (χ1n) is 6.76. The predicted octanol–water partition coefficient (Wildman–Crippen LogP) is 1.02. The zero-order chi connectivity index (χ0) is 12.1. The van der Waals surface area contributed by atoms with Crippen LogP contribution in [0.3, 0.4) is 0 Å². The van der Waals surface area contributed by atoms with E-state index in [2.05, 4.69) is 12.2 Å². The van der Waals surface area contributed by atoms with E-state index in [0.717, 1.165) is 19.6 Å². The van der Waals surface area contributed by atoms with Crippen LogP contribution in [-0.2, 0) is 9.53 Å². The average Bonchev–Trinajstić information content (AvgIpc) is 2.77. The lowest BCUT2D eigenvalue weighted by atomic mass is 9.89. The van der Waals surface area contributed by atoms with E-state index < -0.39 is 0 Å². The van der Waals surface area contributed by atoms with Gasteiger partial charge in [-0.2, -0.15) is 0 Å². The molecule has 2 aliphatic rings. The lowest BCUT2D eigenvalue weighted by molar-refractivity contribution is -0.134. The molecule has 17 heavy (non-hydrogen) atoms. The summed E-state index contributed by atoms with van der Waals surface area (Å²) in [6.07, 6.45) is 5.28. The molecular formula is C13H24N2O2. The highest BCUT2D eigenvalue weighted by molar-refractivity contribution is 5.78. The van der Waals surface area contributed by atoms with Crippen molar-refractivity contribution < 1.29 is 9.53 Å². The molecule has 2 fully saturated rings. The van der Waals surface area contributed by atoms with Crippen molar-refractivity contribution in [1.82, 2.24) is 10.2 Å². The molecule has 1 aliphatic heterocycles. The van der Waals surface area contributed by atoms with Crippen LogP contribution in [0.15, 0.2) is 0 Å². The van der Waals surface area contributed by atoms with Gasteiger partial charge < -0.3 is 15.0 Å². The van der Waals surface area contributed by atoms with Gasteiger partial charge in [0.1, 0.15) is 0 Å². The summed E-state index contributed by atoms with van der Waals surface area (Å²) in [6.45, 7) is 6.65. The van der Waals surface area contributed by atoms with Crippen molar-refractivity contribution in [3.8, 4) is 0 Å². The standard InChI is InChI=1S/C13H24N2O2/c1-13(4-2-3-5-13)11-14-10-12(16)15-6-8-17-9-7-15/h14H,2-11H2,1H3. The largest absolute Gasteiger partial charge is 0.378 e. The van der Waals surface area contributed by atoms with Crippen molar-refractivity contribution in [2.75, 3.05) is 39.4 Å². The first kappa shape index (κ1) is 12.8. The van der Waals surface area contributed by atoms with E-state index in [1.165, 1.54) is 25.7 Å². The summed E-state index contributed by atoms with van der Waals surface area (Å²) in [5.41, 5.74) is 0.422. The number of amides is 1. The molecule has 1 aliphatic carbocycles.